The number of carbonyl (C=O) groups excluding carboxylic acids is 1. The van der Waals surface area contributed by atoms with Crippen molar-refractivity contribution >= 4 is 22.5 Å². The maximum absolute atomic E-state index is 12.6. The van der Waals surface area contributed by atoms with Crippen LogP contribution in [0.15, 0.2) is 35.3 Å². The van der Waals surface area contributed by atoms with Crippen LogP contribution in [0.4, 0.5) is 0 Å². The van der Waals surface area contributed by atoms with Gasteiger partial charge in [0.15, 0.2) is 0 Å². The third-order valence-electron chi connectivity index (χ3n) is 5.31. The van der Waals surface area contributed by atoms with E-state index < -0.39 is 0 Å². The van der Waals surface area contributed by atoms with Crippen LogP contribution in [-0.4, -0.2) is 27.0 Å². The highest BCUT2D eigenvalue weighted by atomic mass is 16.2. The summed E-state index contributed by atoms with van der Waals surface area (Å²) in [6.07, 6.45) is 6.32. The van der Waals surface area contributed by atoms with Gasteiger partial charge in [-0.15, -0.1) is 0 Å². The molecular weight excluding hydrogens is 316 g/mol. The first-order chi connectivity index (χ1) is 12.1. The van der Waals surface area contributed by atoms with Gasteiger partial charge in [0, 0.05) is 6.54 Å². The van der Waals surface area contributed by atoms with E-state index in [2.05, 4.69) is 22.3 Å². The Morgan fingerprint density at radius 3 is 2.84 bits per heavy atom. The van der Waals surface area contributed by atoms with Crippen molar-refractivity contribution in [2.75, 3.05) is 6.54 Å². The molecule has 3 aromatic rings. The van der Waals surface area contributed by atoms with Gasteiger partial charge in [0.1, 0.15) is 11.2 Å². The minimum absolute atomic E-state index is 0.181. The first kappa shape index (κ1) is 15.9. The van der Waals surface area contributed by atoms with Crippen molar-refractivity contribution in [2.45, 2.75) is 32.6 Å². The molecule has 0 aliphatic heterocycles. The normalized spacial score (nSPS) is 20.8. The van der Waals surface area contributed by atoms with Crippen LogP contribution in [0.25, 0.3) is 16.6 Å². The number of benzene rings is 1. The Morgan fingerprint density at radius 2 is 2.04 bits per heavy atom. The smallest absolute Gasteiger partial charge is 0.259 e. The van der Waals surface area contributed by atoms with E-state index in [-0.39, 0.29) is 11.5 Å². The number of amides is 1. The van der Waals surface area contributed by atoms with Crippen LogP contribution < -0.4 is 10.9 Å². The van der Waals surface area contributed by atoms with Gasteiger partial charge in [-0.3, -0.25) is 9.59 Å². The van der Waals surface area contributed by atoms with E-state index in [1.54, 1.807) is 10.6 Å². The number of hydrogen-bond donors (Lipinski definition) is 2. The molecule has 2 heterocycles. The molecule has 1 amide bonds. The minimum Gasteiger partial charge on any atom is -0.352 e. The number of aromatic nitrogens is 3. The Kier molecular flexibility index (Phi) is 4.03. The number of H-pyrrole nitrogens is 1. The van der Waals surface area contributed by atoms with Gasteiger partial charge >= 0.3 is 0 Å². The number of hydrogen-bond acceptors (Lipinski definition) is 3. The van der Waals surface area contributed by atoms with Gasteiger partial charge in [-0.2, -0.15) is 5.10 Å². The summed E-state index contributed by atoms with van der Waals surface area (Å²) in [5.41, 5.74) is 1.34. The molecule has 0 spiro atoms. The molecule has 0 unspecified atom stereocenters. The zero-order valence-corrected chi connectivity index (χ0v) is 14.3. The van der Waals surface area contributed by atoms with Crippen LogP contribution in [0.5, 0.6) is 0 Å². The highest BCUT2D eigenvalue weighted by Crippen LogP contribution is 2.27. The van der Waals surface area contributed by atoms with Gasteiger partial charge in [0.05, 0.1) is 17.1 Å². The summed E-state index contributed by atoms with van der Waals surface area (Å²) in [6.45, 7) is 2.97. The lowest BCUT2D eigenvalue weighted by atomic mass is 9.83. The zero-order chi connectivity index (χ0) is 17.4. The van der Waals surface area contributed by atoms with Crippen LogP contribution in [0.2, 0.25) is 0 Å². The molecule has 0 atom stereocenters. The molecule has 0 saturated heterocycles. The number of fused-ring (bicyclic) bond motifs is 3. The van der Waals surface area contributed by atoms with E-state index >= 15 is 0 Å². The molecule has 1 aromatic carbocycles. The Balaban J connectivity index is 1.59. The second-order valence-corrected chi connectivity index (χ2v) is 7.13. The number of rotatable bonds is 3. The molecular formula is C19H22N4O2. The van der Waals surface area contributed by atoms with Crippen molar-refractivity contribution in [3.8, 4) is 0 Å². The lowest BCUT2D eigenvalue weighted by Gasteiger charge is -2.26. The predicted octanol–water partition coefficient (Wildman–Crippen LogP) is 2.73. The van der Waals surface area contributed by atoms with Crippen LogP contribution >= 0.6 is 0 Å². The first-order valence-electron chi connectivity index (χ1n) is 8.90. The van der Waals surface area contributed by atoms with Gasteiger partial charge < -0.3 is 10.3 Å². The summed E-state index contributed by atoms with van der Waals surface area (Å²) in [6, 6.07) is 7.24. The zero-order valence-electron chi connectivity index (χ0n) is 14.3. The van der Waals surface area contributed by atoms with Crippen LogP contribution in [0.3, 0.4) is 0 Å². The van der Waals surface area contributed by atoms with E-state index in [1.165, 1.54) is 19.0 Å². The Bertz CT molecular complexity index is 980. The van der Waals surface area contributed by atoms with Gasteiger partial charge in [-0.25, -0.2) is 4.52 Å². The third-order valence-corrected chi connectivity index (χ3v) is 5.31. The van der Waals surface area contributed by atoms with Crippen molar-refractivity contribution < 1.29 is 4.79 Å². The summed E-state index contributed by atoms with van der Waals surface area (Å²) in [4.78, 5) is 27.7. The molecule has 1 aliphatic rings. The maximum atomic E-state index is 12.6. The molecule has 1 saturated carbocycles. The summed E-state index contributed by atoms with van der Waals surface area (Å²) in [5, 5.41) is 7.87. The van der Waals surface area contributed by atoms with Gasteiger partial charge in [0.25, 0.3) is 11.5 Å². The minimum atomic E-state index is -0.209. The van der Waals surface area contributed by atoms with E-state index in [4.69, 9.17) is 0 Å². The van der Waals surface area contributed by atoms with Crippen molar-refractivity contribution in [3.05, 3.63) is 46.4 Å². The fraction of sp³-hybridized carbons (Fsp3) is 0.421. The average molecular weight is 338 g/mol. The molecule has 1 fully saturated rings. The lowest BCUT2D eigenvalue weighted by Crippen LogP contribution is -2.31. The van der Waals surface area contributed by atoms with Gasteiger partial charge in [-0.1, -0.05) is 31.9 Å². The van der Waals surface area contributed by atoms with Crippen molar-refractivity contribution in [1.29, 1.82) is 0 Å². The molecule has 6 heteroatoms. The highest BCUT2D eigenvalue weighted by molar-refractivity contribution is 6.00. The first-order valence-corrected chi connectivity index (χ1v) is 8.90. The predicted molar refractivity (Wildman–Crippen MR) is 96.8 cm³/mol. The SMILES string of the molecule is CC1CCC(CNC(=O)c2cnn3c2[nH]c(=O)c2ccccc23)CC1. The van der Waals surface area contributed by atoms with Gasteiger partial charge in [0.2, 0.25) is 0 Å². The van der Waals surface area contributed by atoms with E-state index in [9.17, 15) is 9.59 Å². The number of nitrogens with zero attached hydrogens (tertiary/aromatic N) is 2. The largest absolute Gasteiger partial charge is 0.352 e. The average Bonchev–Trinajstić information content (AvgIpc) is 3.05. The molecule has 25 heavy (non-hydrogen) atoms. The van der Waals surface area contributed by atoms with Crippen molar-refractivity contribution in [2.24, 2.45) is 11.8 Å². The van der Waals surface area contributed by atoms with Gasteiger partial charge in [-0.05, 0) is 36.8 Å². The van der Waals surface area contributed by atoms with Crippen molar-refractivity contribution in [1.82, 2.24) is 19.9 Å². The van der Waals surface area contributed by atoms with Crippen molar-refractivity contribution in [3.63, 3.8) is 0 Å². The fourth-order valence-electron chi connectivity index (χ4n) is 3.71. The molecule has 0 radical (unpaired) electrons. The topological polar surface area (TPSA) is 79.3 Å². The summed E-state index contributed by atoms with van der Waals surface area (Å²) in [5.74, 6) is 1.16. The molecule has 6 nitrogen and oxygen atoms in total. The number of para-hydroxylation sites is 1. The molecule has 0 bridgehead atoms. The summed E-state index contributed by atoms with van der Waals surface area (Å²) >= 11 is 0. The quantitative estimate of drug-likeness (QED) is 0.771. The maximum Gasteiger partial charge on any atom is 0.259 e. The Morgan fingerprint density at radius 1 is 1.28 bits per heavy atom. The molecule has 130 valence electrons. The summed E-state index contributed by atoms with van der Waals surface area (Å²) in [7, 11) is 0. The van der Waals surface area contributed by atoms with E-state index in [0.717, 1.165) is 18.8 Å². The number of aromatic amines is 1. The van der Waals surface area contributed by atoms with Crippen LogP contribution in [-0.2, 0) is 0 Å². The fourth-order valence-corrected chi connectivity index (χ4v) is 3.71. The Hall–Kier alpha value is -2.63. The van der Waals surface area contributed by atoms with Crippen LogP contribution in [0, 0.1) is 11.8 Å². The molecule has 1 aliphatic carbocycles. The summed E-state index contributed by atoms with van der Waals surface area (Å²) < 4.78 is 1.62. The highest BCUT2D eigenvalue weighted by Gasteiger charge is 2.20. The second kappa shape index (κ2) is 6.35. The molecule has 2 N–H and O–H groups in total. The molecule has 2 aromatic heterocycles. The number of carbonyl (C=O) groups is 1. The Labute approximate surface area is 145 Å². The standard InChI is InChI=1S/C19H22N4O2/c1-12-6-8-13(9-7-12)10-20-18(24)15-11-21-23-16-5-3-2-4-14(16)19(25)22-17(15)23/h2-5,11-13H,6-10H2,1H3,(H,20,24)(H,22,25). The van der Waals surface area contributed by atoms with E-state index in [1.807, 2.05) is 18.2 Å². The molecule has 4 rings (SSSR count). The van der Waals surface area contributed by atoms with Crippen LogP contribution in [0.1, 0.15) is 43.0 Å². The number of nitrogens with one attached hydrogen (secondary N) is 2. The second-order valence-electron chi connectivity index (χ2n) is 7.13. The third kappa shape index (κ3) is 2.92. The lowest BCUT2D eigenvalue weighted by molar-refractivity contribution is 0.0943. The monoisotopic (exact) mass is 338 g/mol. The van der Waals surface area contributed by atoms with E-state index in [0.29, 0.717) is 34.6 Å².